The normalized spacial score (nSPS) is 15.8. The predicted octanol–water partition coefficient (Wildman–Crippen LogP) is 2.65. The van der Waals surface area contributed by atoms with E-state index in [9.17, 15) is 0 Å². The van der Waals surface area contributed by atoms with Gasteiger partial charge >= 0.3 is 0 Å². The lowest BCUT2D eigenvalue weighted by Gasteiger charge is -2.29. The third kappa shape index (κ3) is 3.16. The number of benzene rings is 1. The van der Waals surface area contributed by atoms with Crippen LogP contribution in [0.2, 0.25) is 0 Å². The highest BCUT2D eigenvalue weighted by molar-refractivity contribution is 5.58. The van der Waals surface area contributed by atoms with E-state index in [1.807, 2.05) is 6.07 Å². The first kappa shape index (κ1) is 13.2. The molecule has 0 bridgehead atoms. The predicted molar refractivity (Wildman–Crippen MR) is 76.2 cm³/mol. The minimum Gasteiger partial charge on any atom is -0.491 e. The summed E-state index contributed by atoms with van der Waals surface area (Å²) in [6.07, 6.45) is 2.19. The smallest absolute Gasteiger partial charge is 0.142 e. The monoisotopic (exact) mass is 248 g/mol. The van der Waals surface area contributed by atoms with E-state index in [1.54, 1.807) is 0 Å². The van der Waals surface area contributed by atoms with Gasteiger partial charge in [0.05, 0.1) is 12.3 Å². The Morgan fingerprint density at radius 3 is 2.89 bits per heavy atom. The third-order valence-corrected chi connectivity index (χ3v) is 3.65. The van der Waals surface area contributed by atoms with Gasteiger partial charge in [0.15, 0.2) is 0 Å². The van der Waals surface area contributed by atoms with Crippen LogP contribution < -0.4 is 15.4 Å². The minimum absolute atomic E-state index is 0.210. The van der Waals surface area contributed by atoms with Crippen LogP contribution in [-0.2, 0) is 0 Å². The van der Waals surface area contributed by atoms with Crippen LogP contribution in [0, 0.1) is 5.41 Å². The minimum atomic E-state index is 0.210. The van der Waals surface area contributed by atoms with Crippen molar-refractivity contribution in [1.29, 1.82) is 0 Å². The molecule has 0 saturated heterocycles. The summed E-state index contributed by atoms with van der Waals surface area (Å²) < 4.78 is 5.77. The Bertz CT molecular complexity index is 390. The highest BCUT2D eigenvalue weighted by Crippen LogP contribution is 2.31. The third-order valence-electron chi connectivity index (χ3n) is 3.65. The van der Waals surface area contributed by atoms with E-state index < -0.39 is 0 Å². The molecule has 0 aliphatic carbocycles. The van der Waals surface area contributed by atoms with Gasteiger partial charge in [-0.15, -0.1) is 0 Å². The van der Waals surface area contributed by atoms with Gasteiger partial charge in [0.2, 0.25) is 0 Å². The van der Waals surface area contributed by atoms with Gasteiger partial charge < -0.3 is 15.4 Å². The molecule has 3 heteroatoms. The van der Waals surface area contributed by atoms with Crippen molar-refractivity contribution in [3.05, 3.63) is 24.3 Å². The van der Waals surface area contributed by atoms with Crippen LogP contribution in [0.3, 0.4) is 0 Å². The van der Waals surface area contributed by atoms with E-state index in [0.717, 1.165) is 44.8 Å². The van der Waals surface area contributed by atoms with Gasteiger partial charge in [0.25, 0.3) is 0 Å². The van der Waals surface area contributed by atoms with Crippen molar-refractivity contribution in [2.75, 3.05) is 31.1 Å². The number of para-hydroxylation sites is 2. The van der Waals surface area contributed by atoms with E-state index in [0.29, 0.717) is 0 Å². The molecule has 0 aromatic heterocycles. The molecule has 1 aliphatic heterocycles. The Morgan fingerprint density at radius 1 is 1.33 bits per heavy atom. The van der Waals surface area contributed by atoms with Crippen molar-refractivity contribution in [2.45, 2.75) is 26.7 Å². The molecule has 18 heavy (non-hydrogen) atoms. The van der Waals surface area contributed by atoms with Crippen LogP contribution in [0.5, 0.6) is 5.75 Å². The molecule has 1 aliphatic rings. The summed E-state index contributed by atoms with van der Waals surface area (Å²) in [4.78, 5) is 2.43. The zero-order valence-electron chi connectivity index (χ0n) is 11.5. The number of hydrogen-bond donors (Lipinski definition) is 1. The molecule has 0 spiro atoms. The lowest BCUT2D eigenvalue weighted by atomic mass is 9.89. The number of nitrogens with two attached hydrogens (primary N) is 1. The van der Waals surface area contributed by atoms with E-state index in [2.05, 4.69) is 36.9 Å². The van der Waals surface area contributed by atoms with Crippen LogP contribution >= 0.6 is 0 Å². The van der Waals surface area contributed by atoms with Crippen molar-refractivity contribution in [3.8, 4) is 5.75 Å². The van der Waals surface area contributed by atoms with Crippen molar-refractivity contribution >= 4 is 5.69 Å². The second-order valence-corrected chi connectivity index (χ2v) is 5.78. The zero-order valence-corrected chi connectivity index (χ0v) is 11.5. The fourth-order valence-electron chi connectivity index (χ4n) is 2.17. The molecular weight excluding hydrogens is 224 g/mol. The van der Waals surface area contributed by atoms with Gasteiger partial charge in [-0.05, 0) is 36.9 Å². The van der Waals surface area contributed by atoms with E-state index >= 15 is 0 Å². The summed E-state index contributed by atoms with van der Waals surface area (Å²) >= 11 is 0. The Hall–Kier alpha value is -1.22. The number of nitrogens with zero attached hydrogens (tertiary/aromatic N) is 1. The van der Waals surface area contributed by atoms with Crippen molar-refractivity contribution in [1.82, 2.24) is 0 Å². The van der Waals surface area contributed by atoms with Crippen LogP contribution in [0.1, 0.15) is 26.7 Å². The maximum atomic E-state index is 5.80. The van der Waals surface area contributed by atoms with Crippen molar-refractivity contribution in [3.63, 3.8) is 0 Å². The summed E-state index contributed by atoms with van der Waals surface area (Å²) in [6, 6.07) is 8.32. The topological polar surface area (TPSA) is 38.5 Å². The Kier molecular flexibility index (Phi) is 4.12. The fourth-order valence-corrected chi connectivity index (χ4v) is 2.17. The second kappa shape index (κ2) is 5.61. The summed E-state index contributed by atoms with van der Waals surface area (Å²) in [5.74, 6) is 1.01. The Labute approximate surface area is 110 Å². The van der Waals surface area contributed by atoms with Gasteiger partial charge in [0.1, 0.15) is 5.75 Å². The molecule has 2 rings (SSSR count). The maximum Gasteiger partial charge on any atom is 0.142 e. The molecular formula is C15H24N2O. The zero-order chi connectivity index (χ0) is 13.0. The molecule has 1 aromatic rings. The van der Waals surface area contributed by atoms with Crippen molar-refractivity contribution in [2.24, 2.45) is 11.1 Å². The molecule has 3 nitrogen and oxygen atoms in total. The molecule has 0 atom stereocenters. The molecule has 0 unspecified atom stereocenters. The van der Waals surface area contributed by atoms with Crippen LogP contribution in [0.4, 0.5) is 5.69 Å². The molecule has 0 saturated carbocycles. The molecule has 100 valence electrons. The number of fused-ring (bicyclic) bond motifs is 1. The van der Waals surface area contributed by atoms with Gasteiger partial charge in [-0.2, -0.15) is 0 Å². The quantitative estimate of drug-likeness (QED) is 0.890. The standard InChI is InChI=1S/C15H24N2O/c1-15(2,12-16)8-10-17-9-5-11-18-14-7-4-3-6-13(14)17/h3-4,6-7H,5,8-12,16H2,1-2H3. The Morgan fingerprint density at radius 2 is 2.11 bits per heavy atom. The second-order valence-electron chi connectivity index (χ2n) is 5.78. The van der Waals surface area contributed by atoms with Crippen LogP contribution in [0.15, 0.2) is 24.3 Å². The Balaban J connectivity index is 2.08. The molecule has 0 fully saturated rings. The maximum absolute atomic E-state index is 5.80. The van der Waals surface area contributed by atoms with Gasteiger partial charge in [-0.25, -0.2) is 0 Å². The molecule has 0 amide bonds. The first-order chi connectivity index (χ1) is 8.62. The molecule has 1 heterocycles. The summed E-state index contributed by atoms with van der Waals surface area (Å²) in [6.45, 7) is 8.12. The SMILES string of the molecule is CC(C)(CN)CCN1CCCOc2ccccc21. The first-order valence-corrected chi connectivity index (χ1v) is 6.79. The van der Waals surface area contributed by atoms with Crippen LogP contribution in [-0.4, -0.2) is 26.2 Å². The summed E-state index contributed by atoms with van der Waals surface area (Å²) in [5, 5.41) is 0. The number of hydrogen-bond acceptors (Lipinski definition) is 3. The van der Waals surface area contributed by atoms with Gasteiger partial charge in [0, 0.05) is 13.1 Å². The largest absolute Gasteiger partial charge is 0.491 e. The van der Waals surface area contributed by atoms with Crippen molar-refractivity contribution < 1.29 is 4.74 Å². The first-order valence-electron chi connectivity index (χ1n) is 6.79. The van der Waals surface area contributed by atoms with E-state index in [-0.39, 0.29) is 5.41 Å². The summed E-state index contributed by atoms with van der Waals surface area (Å²) in [5.41, 5.74) is 7.24. The van der Waals surface area contributed by atoms with Gasteiger partial charge in [-0.1, -0.05) is 26.0 Å². The summed E-state index contributed by atoms with van der Waals surface area (Å²) in [7, 11) is 0. The molecule has 0 radical (unpaired) electrons. The molecule has 1 aromatic carbocycles. The highest BCUT2D eigenvalue weighted by Gasteiger charge is 2.20. The highest BCUT2D eigenvalue weighted by atomic mass is 16.5. The average Bonchev–Trinajstić information content (AvgIpc) is 2.59. The fraction of sp³-hybridized carbons (Fsp3) is 0.600. The number of rotatable bonds is 4. The average molecular weight is 248 g/mol. The van der Waals surface area contributed by atoms with Gasteiger partial charge in [-0.3, -0.25) is 0 Å². The van der Waals surface area contributed by atoms with E-state index in [4.69, 9.17) is 10.5 Å². The lowest BCUT2D eigenvalue weighted by Crippen LogP contribution is -2.32. The number of ether oxygens (including phenoxy) is 1. The number of anilines is 1. The molecule has 2 N–H and O–H groups in total. The van der Waals surface area contributed by atoms with Crippen LogP contribution in [0.25, 0.3) is 0 Å². The lowest BCUT2D eigenvalue weighted by molar-refractivity contribution is 0.321. The van der Waals surface area contributed by atoms with E-state index in [1.165, 1.54) is 5.69 Å².